The summed E-state index contributed by atoms with van der Waals surface area (Å²) in [5.74, 6) is 0. The van der Waals surface area contributed by atoms with E-state index in [0.29, 0.717) is 7.48 Å². The lowest BCUT2D eigenvalue weighted by atomic mass is 9.77. The molecule has 3 rings (SSSR count). The maximum atomic E-state index is 10.4. The summed E-state index contributed by atoms with van der Waals surface area (Å²) in [5.41, 5.74) is 4.18. The lowest BCUT2D eigenvalue weighted by Gasteiger charge is -2.37. The average Bonchev–Trinajstić information content (AvgIpc) is 2.67. The van der Waals surface area contributed by atoms with Gasteiger partial charge in [-0.05, 0) is 55.4 Å². The number of rotatable bonds is 6. The van der Waals surface area contributed by atoms with Crippen LogP contribution in [-0.4, -0.2) is 23.8 Å². The predicted molar refractivity (Wildman–Crippen MR) is 116 cm³/mol. The molecule has 0 radical (unpaired) electrons. The fourth-order valence-electron chi connectivity index (χ4n) is 2.86. The third-order valence-corrected chi connectivity index (χ3v) is 5.36. The van der Waals surface area contributed by atoms with E-state index in [2.05, 4.69) is 42.5 Å². The Balaban J connectivity index is 2.00. The summed E-state index contributed by atoms with van der Waals surface area (Å²) < 4.78 is 6.18. The molecule has 0 aliphatic rings. The lowest BCUT2D eigenvalue weighted by Crippen LogP contribution is -2.49. The summed E-state index contributed by atoms with van der Waals surface area (Å²) >= 11 is 0. The molecule has 0 atom stereocenters. The van der Waals surface area contributed by atoms with Gasteiger partial charge >= 0.3 is 7.48 Å². The fraction of sp³-hybridized carbons (Fsp3) is 0.250. The van der Waals surface area contributed by atoms with Crippen molar-refractivity contribution in [2.75, 3.05) is 0 Å². The van der Waals surface area contributed by atoms with Crippen molar-refractivity contribution in [1.29, 1.82) is 0 Å². The highest BCUT2D eigenvalue weighted by atomic mass is 16.5. The van der Waals surface area contributed by atoms with E-state index in [1.165, 1.54) is 5.56 Å². The molecule has 0 aromatic heterocycles. The summed E-state index contributed by atoms with van der Waals surface area (Å²) in [6.45, 7) is 7.42. The van der Waals surface area contributed by atoms with Gasteiger partial charge in [-0.2, -0.15) is 0 Å². The second-order valence-corrected chi connectivity index (χ2v) is 7.96. The predicted octanol–water partition coefficient (Wildman–Crippen LogP) is 4.56. The van der Waals surface area contributed by atoms with Crippen molar-refractivity contribution in [3.8, 4) is 22.3 Å². The average molecular weight is 358 g/mol. The van der Waals surface area contributed by atoms with E-state index in [0.717, 1.165) is 22.2 Å². The lowest BCUT2D eigenvalue weighted by molar-refractivity contribution is -0.0893. The van der Waals surface area contributed by atoms with Gasteiger partial charge in [0.2, 0.25) is 0 Å². The van der Waals surface area contributed by atoms with Crippen LogP contribution in [0.1, 0.15) is 27.7 Å². The van der Waals surface area contributed by atoms with Gasteiger partial charge in [-0.1, -0.05) is 78.9 Å². The molecule has 2 nitrogen and oxygen atoms in total. The molecule has 3 aromatic carbocycles. The molecule has 1 N–H and O–H groups in total. The van der Waals surface area contributed by atoms with Crippen LogP contribution >= 0.6 is 0 Å². The summed E-state index contributed by atoms with van der Waals surface area (Å²) in [5, 5.41) is 10.4. The summed E-state index contributed by atoms with van der Waals surface area (Å²) in [6, 6.07) is 27.2. The first-order valence-electron chi connectivity index (χ1n) is 9.38. The Kier molecular flexibility index (Phi) is 5.55. The molecular formula is C24H27BO2. The molecule has 0 unspecified atom stereocenters. The van der Waals surface area contributed by atoms with E-state index in [1.54, 1.807) is 13.8 Å². The Hall–Kier alpha value is -2.36. The zero-order valence-electron chi connectivity index (χ0n) is 16.6. The van der Waals surface area contributed by atoms with Crippen LogP contribution in [0.4, 0.5) is 0 Å². The van der Waals surface area contributed by atoms with Gasteiger partial charge in [0.1, 0.15) is 0 Å². The number of hydrogen-bond acceptors (Lipinski definition) is 2. The van der Waals surface area contributed by atoms with E-state index in [1.807, 2.05) is 50.2 Å². The largest absolute Gasteiger partial charge is 0.427 e. The standard InChI is InChI=1S/C24H27BO2/c1-23(2,26)24(3,4)27-25-22-17-20(18-11-7-5-8-12-18)15-16-21(22)19-13-9-6-10-14-19/h5-17,25-26H,1-4H3. The highest BCUT2D eigenvalue weighted by Gasteiger charge is 2.35. The third kappa shape index (κ3) is 4.49. The molecule has 27 heavy (non-hydrogen) atoms. The van der Waals surface area contributed by atoms with Crippen molar-refractivity contribution >= 4 is 12.9 Å². The first kappa shape index (κ1) is 19.4. The van der Waals surface area contributed by atoms with Crippen molar-refractivity contribution in [1.82, 2.24) is 0 Å². The van der Waals surface area contributed by atoms with Crippen molar-refractivity contribution < 1.29 is 9.76 Å². The summed E-state index contributed by atoms with van der Waals surface area (Å²) in [7, 11) is 0.432. The Morgan fingerprint density at radius 1 is 0.704 bits per heavy atom. The van der Waals surface area contributed by atoms with Crippen molar-refractivity contribution in [3.63, 3.8) is 0 Å². The minimum atomic E-state index is -0.934. The van der Waals surface area contributed by atoms with Crippen LogP contribution in [0.25, 0.3) is 22.3 Å². The summed E-state index contributed by atoms with van der Waals surface area (Å²) in [4.78, 5) is 0. The van der Waals surface area contributed by atoms with Crippen molar-refractivity contribution in [2.45, 2.75) is 38.9 Å². The smallest absolute Gasteiger partial charge is 0.310 e. The molecule has 138 valence electrons. The zero-order valence-corrected chi connectivity index (χ0v) is 16.6. The minimum absolute atomic E-state index is 0.432. The molecule has 0 heterocycles. The van der Waals surface area contributed by atoms with E-state index in [4.69, 9.17) is 4.65 Å². The summed E-state index contributed by atoms with van der Waals surface area (Å²) in [6.07, 6.45) is 0. The van der Waals surface area contributed by atoms with Crippen molar-refractivity contribution in [3.05, 3.63) is 78.9 Å². The Labute approximate surface area is 163 Å². The van der Waals surface area contributed by atoms with Crippen molar-refractivity contribution in [2.24, 2.45) is 0 Å². The highest BCUT2D eigenvalue weighted by molar-refractivity contribution is 6.49. The van der Waals surface area contributed by atoms with E-state index < -0.39 is 11.2 Å². The molecule has 3 aromatic rings. The van der Waals surface area contributed by atoms with Gasteiger partial charge in [-0.15, -0.1) is 0 Å². The molecule has 0 bridgehead atoms. The van der Waals surface area contributed by atoms with Gasteiger partial charge in [0.15, 0.2) is 0 Å². The van der Waals surface area contributed by atoms with Gasteiger partial charge in [-0.25, -0.2) is 0 Å². The molecule has 0 amide bonds. The number of aliphatic hydroxyl groups is 1. The Morgan fingerprint density at radius 3 is 1.81 bits per heavy atom. The van der Waals surface area contributed by atoms with E-state index >= 15 is 0 Å². The molecule has 0 saturated carbocycles. The maximum Gasteiger partial charge on any atom is 0.310 e. The quantitative estimate of drug-likeness (QED) is 0.655. The van der Waals surface area contributed by atoms with Gasteiger partial charge in [0.25, 0.3) is 0 Å². The normalized spacial score (nSPS) is 12.0. The molecular weight excluding hydrogens is 331 g/mol. The van der Waals surface area contributed by atoms with Crippen LogP contribution in [0.3, 0.4) is 0 Å². The Morgan fingerprint density at radius 2 is 1.26 bits per heavy atom. The monoisotopic (exact) mass is 358 g/mol. The molecule has 0 aliphatic heterocycles. The molecule has 0 saturated heterocycles. The fourth-order valence-corrected chi connectivity index (χ4v) is 2.86. The van der Waals surface area contributed by atoms with Gasteiger partial charge in [0.05, 0.1) is 11.2 Å². The minimum Gasteiger partial charge on any atom is -0.427 e. The van der Waals surface area contributed by atoms with Crippen LogP contribution in [0.5, 0.6) is 0 Å². The van der Waals surface area contributed by atoms with Crippen LogP contribution in [0, 0.1) is 0 Å². The Bertz CT molecular complexity index is 881. The second-order valence-electron chi connectivity index (χ2n) is 7.96. The number of hydrogen-bond donors (Lipinski definition) is 1. The molecule has 0 fully saturated rings. The van der Waals surface area contributed by atoms with Crippen LogP contribution in [0.15, 0.2) is 78.9 Å². The zero-order chi connectivity index (χ0) is 19.5. The second kappa shape index (κ2) is 7.71. The van der Waals surface area contributed by atoms with Gasteiger partial charge in [-0.3, -0.25) is 0 Å². The maximum absolute atomic E-state index is 10.4. The SMILES string of the molecule is CC(C)(O)C(C)(C)OBc1cc(-c2ccccc2)ccc1-c1ccccc1. The van der Waals surface area contributed by atoms with Crippen LogP contribution < -0.4 is 5.46 Å². The molecule has 0 aliphatic carbocycles. The van der Waals surface area contributed by atoms with E-state index in [9.17, 15) is 5.11 Å². The van der Waals surface area contributed by atoms with Crippen LogP contribution in [-0.2, 0) is 4.65 Å². The molecule has 3 heteroatoms. The number of benzene rings is 3. The first-order chi connectivity index (χ1) is 12.8. The van der Waals surface area contributed by atoms with Gasteiger partial charge < -0.3 is 9.76 Å². The van der Waals surface area contributed by atoms with E-state index in [-0.39, 0.29) is 0 Å². The molecule has 0 spiro atoms. The van der Waals surface area contributed by atoms with Gasteiger partial charge in [0, 0.05) is 0 Å². The first-order valence-corrected chi connectivity index (χ1v) is 9.38. The third-order valence-electron chi connectivity index (χ3n) is 5.36. The highest BCUT2D eigenvalue weighted by Crippen LogP contribution is 2.26. The topological polar surface area (TPSA) is 29.5 Å². The van der Waals surface area contributed by atoms with Crippen LogP contribution in [0.2, 0.25) is 0 Å².